The molecule has 2 aromatic rings. The van der Waals surface area contributed by atoms with E-state index in [0.29, 0.717) is 5.01 Å². The molecule has 1 aromatic carbocycles. The first-order chi connectivity index (χ1) is 9.20. The van der Waals surface area contributed by atoms with Gasteiger partial charge in [0.1, 0.15) is 21.6 Å². The monoisotopic (exact) mass is 283 g/mol. The molecule has 19 heavy (non-hydrogen) atoms. The van der Waals surface area contributed by atoms with Gasteiger partial charge in [-0.1, -0.05) is 13.0 Å². The number of nitrogens with zero attached hydrogens (tertiary/aromatic N) is 2. The summed E-state index contributed by atoms with van der Waals surface area (Å²) in [6.07, 6.45) is 0.933. The van der Waals surface area contributed by atoms with Gasteiger partial charge in [0.25, 0.3) is 0 Å². The Hall–Kier alpha value is -1.40. The molecule has 0 saturated heterocycles. The van der Waals surface area contributed by atoms with Crippen LogP contribution in [0.3, 0.4) is 0 Å². The third-order valence-corrected chi connectivity index (χ3v) is 3.65. The molecule has 0 aliphatic heterocycles. The fraction of sp³-hybridized carbons (Fsp3) is 0.385. The molecule has 102 valence electrons. The maximum atomic E-state index is 13.5. The molecular formula is C13H15F2N3S. The highest BCUT2D eigenvalue weighted by Gasteiger charge is 2.12. The van der Waals surface area contributed by atoms with Crippen LogP contribution >= 0.6 is 11.3 Å². The van der Waals surface area contributed by atoms with Crippen LogP contribution in [-0.4, -0.2) is 23.3 Å². The molecule has 0 aliphatic carbocycles. The minimum Gasteiger partial charge on any atom is -0.317 e. The highest BCUT2D eigenvalue weighted by molar-refractivity contribution is 7.11. The zero-order valence-electron chi connectivity index (χ0n) is 10.6. The second kappa shape index (κ2) is 6.68. The smallest absolute Gasteiger partial charge is 0.129 e. The van der Waals surface area contributed by atoms with Crippen molar-refractivity contribution in [2.24, 2.45) is 0 Å². The molecule has 0 unspecified atom stereocenters. The summed E-state index contributed by atoms with van der Waals surface area (Å²) in [7, 11) is 0. The standard InChI is InChI=1S/C13H15F2N3S/c1-2-16-7-6-12-17-18-13(19-12)8-9-10(14)4-3-5-11(9)15/h3-5,16H,2,6-8H2,1H3. The van der Waals surface area contributed by atoms with Crippen molar-refractivity contribution in [1.29, 1.82) is 0 Å². The van der Waals surface area contributed by atoms with Gasteiger partial charge in [-0.2, -0.15) is 0 Å². The number of halogens is 2. The lowest BCUT2D eigenvalue weighted by Gasteiger charge is -2.01. The van der Waals surface area contributed by atoms with Crippen molar-refractivity contribution in [3.05, 3.63) is 45.4 Å². The predicted octanol–water partition coefficient (Wildman–Crippen LogP) is 2.56. The Morgan fingerprint density at radius 2 is 1.84 bits per heavy atom. The number of hydrogen-bond donors (Lipinski definition) is 1. The Kier molecular flexibility index (Phi) is 4.93. The number of likely N-dealkylation sites (N-methyl/N-ethyl adjacent to an activating group) is 1. The fourth-order valence-electron chi connectivity index (χ4n) is 1.69. The normalized spacial score (nSPS) is 10.9. The molecule has 0 radical (unpaired) electrons. The molecule has 1 heterocycles. The van der Waals surface area contributed by atoms with E-state index < -0.39 is 11.6 Å². The maximum absolute atomic E-state index is 13.5. The second-order valence-corrected chi connectivity index (χ2v) is 5.22. The van der Waals surface area contributed by atoms with Crippen LogP contribution in [0.1, 0.15) is 22.5 Å². The predicted molar refractivity (Wildman–Crippen MR) is 71.3 cm³/mol. The molecule has 0 bridgehead atoms. The average Bonchev–Trinajstić information content (AvgIpc) is 2.82. The molecular weight excluding hydrogens is 268 g/mol. The van der Waals surface area contributed by atoms with Crippen molar-refractivity contribution in [3.63, 3.8) is 0 Å². The van der Waals surface area contributed by atoms with E-state index in [1.807, 2.05) is 6.92 Å². The van der Waals surface area contributed by atoms with E-state index in [2.05, 4.69) is 15.5 Å². The van der Waals surface area contributed by atoms with Crippen LogP contribution in [0, 0.1) is 11.6 Å². The largest absolute Gasteiger partial charge is 0.317 e. The summed E-state index contributed by atoms with van der Waals surface area (Å²) in [6, 6.07) is 3.87. The van der Waals surface area contributed by atoms with Crippen LogP contribution in [0.4, 0.5) is 8.78 Å². The molecule has 6 heteroatoms. The summed E-state index contributed by atoms with van der Waals surface area (Å²) >= 11 is 1.40. The van der Waals surface area contributed by atoms with Crippen molar-refractivity contribution in [3.8, 4) is 0 Å². The fourth-order valence-corrected chi connectivity index (χ4v) is 2.54. The summed E-state index contributed by atoms with van der Waals surface area (Å²) in [5.74, 6) is -1.08. The highest BCUT2D eigenvalue weighted by atomic mass is 32.1. The first-order valence-electron chi connectivity index (χ1n) is 6.15. The summed E-state index contributed by atoms with van der Waals surface area (Å²) in [6.45, 7) is 3.78. The Bertz CT molecular complexity index is 522. The van der Waals surface area contributed by atoms with E-state index >= 15 is 0 Å². The molecule has 0 atom stereocenters. The van der Waals surface area contributed by atoms with Crippen LogP contribution in [0.5, 0.6) is 0 Å². The van der Waals surface area contributed by atoms with Gasteiger partial charge in [-0.15, -0.1) is 21.5 Å². The minimum absolute atomic E-state index is 0.0527. The highest BCUT2D eigenvalue weighted by Crippen LogP contribution is 2.19. The van der Waals surface area contributed by atoms with Crippen molar-refractivity contribution >= 4 is 11.3 Å². The first-order valence-corrected chi connectivity index (χ1v) is 6.97. The van der Waals surface area contributed by atoms with E-state index in [4.69, 9.17) is 0 Å². The molecule has 1 aromatic heterocycles. The van der Waals surface area contributed by atoms with E-state index in [1.165, 1.54) is 29.5 Å². The van der Waals surface area contributed by atoms with Crippen LogP contribution in [0.15, 0.2) is 18.2 Å². The van der Waals surface area contributed by atoms with Gasteiger partial charge in [-0.25, -0.2) is 8.78 Å². The van der Waals surface area contributed by atoms with Gasteiger partial charge in [-0.05, 0) is 18.7 Å². The summed E-state index contributed by atoms with van der Waals surface area (Å²) in [5, 5.41) is 12.7. The zero-order chi connectivity index (χ0) is 13.7. The van der Waals surface area contributed by atoms with Crippen molar-refractivity contribution in [1.82, 2.24) is 15.5 Å². The zero-order valence-corrected chi connectivity index (χ0v) is 11.4. The Labute approximate surface area is 114 Å². The van der Waals surface area contributed by atoms with E-state index in [1.54, 1.807) is 0 Å². The molecule has 0 spiro atoms. The third kappa shape index (κ3) is 3.78. The van der Waals surface area contributed by atoms with E-state index in [0.717, 1.165) is 24.5 Å². The minimum atomic E-state index is -0.538. The van der Waals surface area contributed by atoms with Gasteiger partial charge in [0.2, 0.25) is 0 Å². The van der Waals surface area contributed by atoms with Gasteiger partial charge >= 0.3 is 0 Å². The van der Waals surface area contributed by atoms with Crippen molar-refractivity contribution in [2.45, 2.75) is 19.8 Å². The number of hydrogen-bond acceptors (Lipinski definition) is 4. The molecule has 0 saturated carbocycles. The number of rotatable bonds is 6. The van der Waals surface area contributed by atoms with E-state index in [9.17, 15) is 8.78 Å². The molecule has 0 amide bonds. The summed E-state index contributed by atoms with van der Waals surface area (Å²) in [5.41, 5.74) is 0.0527. The summed E-state index contributed by atoms with van der Waals surface area (Å²) < 4.78 is 27.0. The van der Waals surface area contributed by atoms with Crippen molar-refractivity contribution in [2.75, 3.05) is 13.1 Å². The van der Waals surface area contributed by atoms with Gasteiger partial charge in [0, 0.05) is 24.9 Å². The number of benzene rings is 1. The van der Waals surface area contributed by atoms with Gasteiger partial charge < -0.3 is 5.32 Å². The molecule has 1 N–H and O–H groups in total. The third-order valence-electron chi connectivity index (χ3n) is 2.66. The Morgan fingerprint density at radius 1 is 1.16 bits per heavy atom. The Balaban J connectivity index is 2.03. The van der Waals surface area contributed by atoms with Crippen LogP contribution in [0.2, 0.25) is 0 Å². The molecule has 0 aliphatic rings. The van der Waals surface area contributed by atoms with Crippen molar-refractivity contribution < 1.29 is 8.78 Å². The van der Waals surface area contributed by atoms with E-state index in [-0.39, 0.29) is 12.0 Å². The second-order valence-electron chi connectivity index (χ2n) is 4.07. The quantitative estimate of drug-likeness (QED) is 0.828. The summed E-state index contributed by atoms with van der Waals surface area (Å²) in [4.78, 5) is 0. The lowest BCUT2D eigenvalue weighted by atomic mass is 10.1. The molecule has 0 fully saturated rings. The van der Waals surface area contributed by atoms with Gasteiger partial charge in [-0.3, -0.25) is 0 Å². The number of aromatic nitrogens is 2. The van der Waals surface area contributed by atoms with Gasteiger partial charge in [0.05, 0.1) is 0 Å². The molecule has 2 rings (SSSR count). The number of nitrogens with one attached hydrogen (secondary N) is 1. The Morgan fingerprint density at radius 3 is 2.53 bits per heavy atom. The van der Waals surface area contributed by atoms with Crippen LogP contribution in [-0.2, 0) is 12.8 Å². The topological polar surface area (TPSA) is 37.8 Å². The van der Waals surface area contributed by atoms with Crippen LogP contribution in [0.25, 0.3) is 0 Å². The SMILES string of the molecule is CCNCCc1nnc(Cc2c(F)cccc2F)s1. The lowest BCUT2D eigenvalue weighted by molar-refractivity contribution is 0.561. The maximum Gasteiger partial charge on any atom is 0.129 e. The van der Waals surface area contributed by atoms with Gasteiger partial charge in [0.15, 0.2) is 0 Å². The van der Waals surface area contributed by atoms with Crippen LogP contribution < -0.4 is 5.32 Å². The lowest BCUT2D eigenvalue weighted by Crippen LogP contribution is -2.15. The first kappa shape index (κ1) is 14.0. The molecule has 3 nitrogen and oxygen atoms in total. The average molecular weight is 283 g/mol.